The molecule has 0 aromatic carbocycles. The Labute approximate surface area is 119 Å². The molecule has 1 amide bonds. The van der Waals surface area contributed by atoms with Crippen LogP contribution < -0.4 is 15.5 Å². The number of carbonyl (C=O) groups excluding carboxylic acids is 1. The zero-order valence-electron chi connectivity index (χ0n) is 12.0. The number of piperidine rings is 1. The van der Waals surface area contributed by atoms with Gasteiger partial charge in [-0.1, -0.05) is 0 Å². The Balaban J connectivity index is 1.90. The lowest BCUT2D eigenvalue weighted by atomic mass is 9.90. The molecule has 1 fully saturated rings. The van der Waals surface area contributed by atoms with E-state index < -0.39 is 5.60 Å². The molecule has 0 aliphatic carbocycles. The fourth-order valence-corrected chi connectivity index (χ4v) is 2.31. The van der Waals surface area contributed by atoms with E-state index in [0.29, 0.717) is 18.8 Å². The number of aliphatic hydroxyl groups is 1. The standard InChI is InChI=1S/C14H22N4O2/c1-18(2)11-4-5-12(16-9-11)17-13(19)8-14(20)6-3-7-15-10-14/h4-5,9,15,20H,3,6-8,10H2,1-2H3,(H,16,17,19). The fourth-order valence-electron chi connectivity index (χ4n) is 2.31. The minimum Gasteiger partial charge on any atom is -0.388 e. The molecule has 0 radical (unpaired) electrons. The highest BCUT2D eigenvalue weighted by Crippen LogP contribution is 2.20. The third-order valence-electron chi connectivity index (χ3n) is 3.47. The molecule has 1 unspecified atom stereocenters. The third-order valence-corrected chi connectivity index (χ3v) is 3.47. The summed E-state index contributed by atoms with van der Waals surface area (Å²) < 4.78 is 0. The Morgan fingerprint density at radius 1 is 1.55 bits per heavy atom. The van der Waals surface area contributed by atoms with Crippen molar-refractivity contribution in [2.45, 2.75) is 24.9 Å². The molecule has 6 heteroatoms. The molecular weight excluding hydrogens is 256 g/mol. The van der Waals surface area contributed by atoms with Gasteiger partial charge in [-0.25, -0.2) is 4.98 Å². The number of β-amino-alcohol motifs (C(OH)–C–C–N with tert-alkyl or cyclic N) is 1. The van der Waals surface area contributed by atoms with Gasteiger partial charge in [0, 0.05) is 20.6 Å². The highest BCUT2D eigenvalue weighted by atomic mass is 16.3. The predicted octanol–water partition coefficient (Wildman–Crippen LogP) is 0.591. The number of anilines is 2. The number of hydrogen-bond acceptors (Lipinski definition) is 5. The second kappa shape index (κ2) is 6.19. The van der Waals surface area contributed by atoms with Crippen LogP contribution in [0.2, 0.25) is 0 Å². The van der Waals surface area contributed by atoms with E-state index >= 15 is 0 Å². The molecule has 6 nitrogen and oxygen atoms in total. The van der Waals surface area contributed by atoms with Gasteiger partial charge in [0.05, 0.1) is 23.9 Å². The van der Waals surface area contributed by atoms with E-state index in [1.807, 2.05) is 25.1 Å². The first-order valence-electron chi connectivity index (χ1n) is 6.85. The molecule has 1 aromatic rings. The largest absolute Gasteiger partial charge is 0.388 e. The van der Waals surface area contributed by atoms with Gasteiger partial charge in [0.25, 0.3) is 0 Å². The van der Waals surface area contributed by atoms with Crippen molar-refractivity contribution < 1.29 is 9.90 Å². The first kappa shape index (κ1) is 14.7. The zero-order chi connectivity index (χ0) is 14.6. The van der Waals surface area contributed by atoms with Gasteiger partial charge >= 0.3 is 0 Å². The molecule has 20 heavy (non-hydrogen) atoms. The van der Waals surface area contributed by atoms with Gasteiger partial charge in [-0.2, -0.15) is 0 Å². The van der Waals surface area contributed by atoms with Crippen LogP contribution in [0.4, 0.5) is 11.5 Å². The molecule has 1 aliphatic rings. The minimum atomic E-state index is -0.939. The van der Waals surface area contributed by atoms with Crippen molar-refractivity contribution in [3.63, 3.8) is 0 Å². The van der Waals surface area contributed by atoms with E-state index in [0.717, 1.165) is 18.7 Å². The Morgan fingerprint density at radius 3 is 2.90 bits per heavy atom. The number of rotatable bonds is 4. The van der Waals surface area contributed by atoms with E-state index in [4.69, 9.17) is 0 Å². The summed E-state index contributed by atoms with van der Waals surface area (Å²) in [6.45, 7) is 1.37. The molecule has 0 saturated carbocycles. The lowest BCUT2D eigenvalue weighted by molar-refractivity contribution is -0.121. The van der Waals surface area contributed by atoms with Crippen LogP contribution in [0, 0.1) is 0 Å². The summed E-state index contributed by atoms with van der Waals surface area (Å²) in [4.78, 5) is 18.1. The Kier molecular flexibility index (Phi) is 4.57. The second-order valence-electron chi connectivity index (χ2n) is 5.53. The van der Waals surface area contributed by atoms with E-state index in [2.05, 4.69) is 15.6 Å². The molecule has 1 saturated heterocycles. The Morgan fingerprint density at radius 2 is 2.35 bits per heavy atom. The smallest absolute Gasteiger partial charge is 0.228 e. The van der Waals surface area contributed by atoms with Crippen LogP contribution in [0.1, 0.15) is 19.3 Å². The Hall–Kier alpha value is -1.66. The van der Waals surface area contributed by atoms with Gasteiger partial charge < -0.3 is 20.6 Å². The average Bonchev–Trinajstić information content (AvgIpc) is 2.39. The van der Waals surface area contributed by atoms with Gasteiger partial charge in [0.1, 0.15) is 5.82 Å². The summed E-state index contributed by atoms with van der Waals surface area (Å²) in [5.41, 5.74) is 0.0319. The van der Waals surface area contributed by atoms with Crippen LogP contribution in [-0.4, -0.2) is 48.8 Å². The van der Waals surface area contributed by atoms with Crippen molar-refractivity contribution in [3.8, 4) is 0 Å². The van der Waals surface area contributed by atoms with Crippen LogP contribution in [0.15, 0.2) is 18.3 Å². The number of pyridine rings is 1. The summed E-state index contributed by atoms with van der Waals surface area (Å²) in [5, 5.41) is 16.1. The van der Waals surface area contributed by atoms with Crippen LogP contribution in [0.5, 0.6) is 0 Å². The number of hydrogen-bond donors (Lipinski definition) is 3. The van der Waals surface area contributed by atoms with Crippen molar-refractivity contribution in [2.75, 3.05) is 37.4 Å². The maximum atomic E-state index is 12.0. The molecule has 1 aromatic heterocycles. The average molecular weight is 278 g/mol. The molecule has 1 aliphatic heterocycles. The molecule has 110 valence electrons. The van der Waals surface area contributed by atoms with Gasteiger partial charge in [0.15, 0.2) is 0 Å². The molecule has 0 bridgehead atoms. The lowest BCUT2D eigenvalue weighted by Gasteiger charge is -2.31. The van der Waals surface area contributed by atoms with Gasteiger partial charge in [-0.05, 0) is 31.5 Å². The monoisotopic (exact) mass is 278 g/mol. The summed E-state index contributed by atoms with van der Waals surface area (Å²) in [5.74, 6) is 0.300. The topological polar surface area (TPSA) is 77.5 Å². The van der Waals surface area contributed by atoms with Crippen molar-refractivity contribution >= 4 is 17.4 Å². The number of nitrogens with zero attached hydrogens (tertiary/aromatic N) is 2. The van der Waals surface area contributed by atoms with E-state index in [1.54, 1.807) is 12.3 Å². The zero-order valence-corrected chi connectivity index (χ0v) is 12.0. The first-order valence-corrected chi connectivity index (χ1v) is 6.85. The lowest BCUT2D eigenvalue weighted by Crippen LogP contribution is -2.47. The number of carbonyl (C=O) groups is 1. The second-order valence-corrected chi connectivity index (χ2v) is 5.53. The SMILES string of the molecule is CN(C)c1ccc(NC(=O)CC2(O)CCCNC2)nc1. The van der Waals surface area contributed by atoms with Crippen molar-refractivity contribution in [3.05, 3.63) is 18.3 Å². The molecule has 0 spiro atoms. The first-order chi connectivity index (χ1) is 9.48. The van der Waals surface area contributed by atoms with Gasteiger partial charge in [-0.15, -0.1) is 0 Å². The van der Waals surface area contributed by atoms with Crippen LogP contribution >= 0.6 is 0 Å². The normalized spacial score (nSPS) is 22.4. The highest BCUT2D eigenvalue weighted by molar-refractivity contribution is 5.90. The molecule has 3 N–H and O–H groups in total. The maximum absolute atomic E-state index is 12.0. The minimum absolute atomic E-state index is 0.0944. The molecule has 1 atom stereocenters. The van der Waals surface area contributed by atoms with E-state index in [1.165, 1.54) is 0 Å². The third kappa shape index (κ3) is 3.91. The summed E-state index contributed by atoms with van der Waals surface area (Å²) in [6, 6.07) is 3.65. The van der Waals surface area contributed by atoms with Crippen molar-refractivity contribution in [1.82, 2.24) is 10.3 Å². The number of aromatic nitrogens is 1. The quantitative estimate of drug-likeness (QED) is 0.751. The predicted molar refractivity (Wildman–Crippen MR) is 78.9 cm³/mol. The number of amides is 1. The molecule has 2 rings (SSSR count). The van der Waals surface area contributed by atoms with Crippen molar-refractivity contribution in [1.29, 1.82) is 0 Å². The van der Waals surface area contributed by atoms with Crippen LogP contribution in [0.25, 0.3) is 0 Å². The van der Waals surface area contributed by atoms with Gasteiger partial charge in [0.2, 0.25) is 5.91 Å². The highest BCUT2D eigenvalue weighted by Gasteiger charge is 2.31. The van der Waals surface area contributed by atoms with Gasteiger partial charge in [-0.3, -0.25) is 4.79 Å². The maximum Gasteiger partial charge on any atom is 0.228 e. The fraction of sp³-hybridized carbons (Fsp3) is 0.571. The number of nitrogens with one attached hydrogen (secondary N) is 2. The van der Waals surface area contributed by atoms with E-state index in [-0.39, 0.29) is 12.3 Å². The van der Waals surface area contributed by atoms with Crippen molar-refractivity contribution in [2.24, 2.45) is 0 Å². The summed E-state index contributed by atoms with van der Waals surface area (Å²) >= 11 is 0. The molecule has 2 heterocycles. The Bertz CT molecular complexity index is 453. The van der Waals surface area contributed by atoms with Crippen LogP contribution in [-0.2, 0) is 4.79 Å². The summed E-state index contributed by atoms with van der Waals surface area (Å²) in [6.07, 6.45) is 3.34. The van der Waals surface area contributed by atoms with Crippen LogP contribution in [0.3, 0.4) is 0 Å². The summed E-state index contributed by atoms with van der Waals surface area (Å²) in [7, 11) is 3.86. The molecular formula is C14H22N4O2. The van der Waals surface area contributed by atoms with E-state index in [9.17, 15) is 9.90 Å².